The number of carbonyl (C=O) groups is 1. The summed E-state index contributed by atoms with van der Waals surface area (Å²) in [6.07, 6.45) is 6.76. The third kappa shape index (κ3) is 2.57. The molecule has 0 aliphatic carbocycles. The van der Waals surface area contributed by atoms with Gasteiger partial charge in [0.25, 0.3) is 0 Å². The summed E-state index contributed by atoms with van der Waals surface area (Å²) in [7, 11) is 0. The quantitative estimate of drug-likeness (QED) is 0.923. The topological polar surface area (TPSA) is 61.9 Å². The molecule has 3 rings (SSSR count). The van der Waals surface area contributed by atoms with Crippen molar-refractivity contribution in [3.8, 4) is 0 Å². The first-order valence-corrected chi connectivity index (χ1v) is 6.90. The smallest absolute Gasteiger partial charge is 0.227 e. The zero-order valence-electron chi connectivity index (χ0n) is 11.5. The number of aromatic amines is 1. The first-order chi connectivity index (χ1) is 9.74. The lowest BCUT2D eigenvalue weighted by molar-refractivity contribution is -0.129. The van der Waals surface area contributed by atoms with Crippen molar-refractivity contribution in [2.45, 2.75) is 25.7 Å². The summed E-state index contributed by atoms with van der Waals surface area (Å²) >= 11 is 0. The normalized spacial score (nSPS) is 18.4. The number of rotatable bonds is 3. The van der Waals surface area contributed by atoms with Gasteiger partial charge in [0.05, 0.1) is 12.6 Å². The molecule has 1 N–H and O–H groups in total. The third-order valence-corrected chi connectivity index (χ3v) is 3.90. The van der Waals surface area contributed by atoms with Crippen LogP contribution in [0.4, 0.5) is 0 Å². The van der Waals surface area contributed by atoms with Gasteiger partial charge in [-0.1, -0.05) is 6.07 Å². The van der Waals surface area contributed by atoms with Crippen LogP contribution in [0.25, 0.3) is 0 Å². The summed E-state index contributed by atoms with van der Waals surface area (Å²) in [5.41, 5.74) is 3.32. The van der Waals surface area contributed by atoms with Crippen molar-refractivity contribution in [3.63, 3.8) is 0 Å². The van der Waals surface area contributed by atoms with E-state index in [-0.39, 0.29) is 5.91 Å². The summed E-state index contributed by atoms with van der Waals surface area (Å²) < 4.78 is 0. The second-order valence-corrected chi connectivity index (χ2v) is 5.33. The molecule has 5 nitrogen and oxygen atoms in total. The maximum absolute atomic E-state index is 12.3. The average Bonchev–Trinajstić information content (AvgIpc) is 3.08. The Morgan fingerprint density at radius 1 is 1.50 bits per heavy atom. The van der Waals surface area contributed by atoms with Gasteiger partial charge in [0.2, 0.25) is 5.91 Å². The zero-order valence-corrected chi connectivity index (χ0v) is 11.5. The predicted octanol–water partition coefficient (Wildman–Crippen LogP) is 1.67. The number of carbonyl (C=O) groups excluding carboxylic acids is 1. The maximum Gasteiger partial charge on any atom is 0.227 e. The summed E-state index contributed by atoms with van der Waals surface area (Å²) in [5, 5.41) is 7.13. The molecule has 0 unspecified atom stereocenters. The Kier molecular flexibility index (Phi) is 3.50. The number of nitrogens with one attached hydrogen (secondary N) is 1. The van der Waals surface area contributed by atoms with Crippen molar-refractivity contribution >= 4 is 5.91 Å². The van der Waals surface area contributed by atoms with Gasteiger partial charge < -0.3 is 4.90 Å². The molecule has 0 spiro atoms. The summed E-state index contributed by atoms with van der Waals surface area (Å²) in [6.45, 7) is 3.66. The molecule has 104 valence electrons. The van der Waals surface area contributed by atoms with Crippen LogP contribution in [0.2, 0.25) is 0 Å². The van der Waals surface area contributed by atoms with Gasteiger partial charge in [0.15, 0.2) is 0 Å². The molecule has 0 saturated carbocycles. The van der Waals surface area contributed by atoms with E-state index in [4.69, 9.17) is 0 Å². The number of pyridine rings is 1. The second kappa shape index (κ2) is 5.45. The van der Waals surface area contributed by atoms with E-state index < -0.39 is 0 Å². The molecule has 2 aromatic rings. The molecule has 0 bridgehead atoms. The first-order valence-electron chi connectivity index (χ1n) is 6.90. The van der Waals surface area contributed by atoms with Crippen LogP contribution in [0.5, 0.6) is 0 Å². The standard InChI is InChI=1S/C15H18N4O/c1-11-8-17-18-15(11)13-4-6-19(10-13)14(20)7-12-3-2-5-16-9-12/h2-3,5,8-9,13H,4,6-7,10H2,1H3,(H,17,18)/t13-/m0/s1. The Morgan fingerprint density at radius 3 is 3.10 bits per heavy atom. The van der Waals surface area contributed by atoms with Gasteiger partial charge in [-0.3, -0.25) is 14.9 Å². The molecular weight excluding hydrogens is 252 g/mol. The molecule has 1 aliphatic rings. The predicted molar refractivity (Wildman–Crippen MR) is 75.2 cm³/mol. The van der Waals surface area contributed by atoms with Gasteiger partial charge >= 0.3 is 0 Å². The zero-order chi connectivity index (χ0) is 13.9. The highest BCUT2D eigenvalue weighted by Gasteiger charge is 2.28. The van der Waals surface area contributed by atoms with E-state index in [1.807, 2.05) is 23.2 Å². The van der Waals surface area contributed by atoms with Crippen molar-refractivity contribution in [1.82, 2.24) is 20.1 Å². The molecule has 3 heterocycles. The molecule has 1 aliphatic heterocycles. The Labute approximate surface area is 118 Å². The Morgan fingerprint density at radius 2 is 2.40 bits per heavy atom. The number of likely N-dealkylation sites (tertiary alicyclic amines) is 1. The fourth-order valence-electron chi connectivity index (χ4n) is 2.78. The Bertz CT molecular complexity index is 593. The molecule has 1 saturated heterocycles. The summed E-state index contributed by atoms with van der Waals surface area (Å²) in [5.74, 6) is 0.563. The highest BCUT2D eigenvalue weighted by atomic mass is 16.2. The highest BCUT2D eigenvalue weighted by Crippen LogP contribution is 2.27. The summed E-state index contributed by atoms with van der Waals surface area (Å²) in [4.78, 5) is 18.3. The highest BCUT2D eigenvalue weighted by molar-refractivity contribution is 5.79. The molecule has 20 heavy (non-hydrogen) atoms. The lowest BCUT2D eigenvalue weighted by atomic mass is 10.0. The number of hydrogen-bond donors (Lipinski definition) is 1. The van der Waals surface area contributed by atoms with Crippen molar-refractivity contribution in [3.05, 3.63) is 47.5 Å². The van der Waals surface area contributed by atoms with Crippen molar-refractivity contribution < 1.29 is 4.79 Å². The van der Waals surface area contributed by atoms with E-state index in [9.17, 15) is 4.79 Å². The van der Waals surface area contributed by atoms with Crippen LogP contribution < -0.4 is 0 Å². The van der Waals surface area contributed by atoms with Crippen LogP contribution in [-0.4, -0.2) is 39.1 Å². The molecule has 1 fully saturated rings. The molecule has 5 heteroatoms. The van der Waals surface area contributed by atoms with Crippen LogP contribution in [0.3, 0.4) is 0 Å². The lowest BCUT2D eigenvalue weighted by Crippen LogP contribution is -2.30. The summed E-state index contributed by atoms with van der Waals surface area (Å²) in [6, 6.07) is 3.81. The molecule has 1 atom stereocenters. The van der Waals surface area contributed by atoms with Gasteiger partial charge in [-0.25, -0.2) is 0 Å². The van der Waals surface area contributed by atoms with Crippen LogP contribution in [-0.2, 0) is 11.2 Å². The number of amides is 1. The van der Waals surface area contributed by atoms with Crippen molar-refractivity contribution in [2.24, 2.45) is 0 Å². The minimum atomic E-state index is 0.178. The third-order valence-electron chi connectivity index (χ3n) is 3.90. The van der Waals surface area contributed by atoms with E-state index in [1.54, 1.807) is 12.4 Å². The molecule has 2 aromatic heterocycles. The minimum Gasteiger partial charge on any atom is -0.342 e. The number of H-pyrrole nitrogens is 1. The van der Waals surface area contributed by atoms with Crippen LogP contribution >= 0.6 is 0 Å². The van der Waals surface area contributed by atoms with Gasteiger partial charge in [-0.15, -0.1) is 0 Å². The van der Waals surface area contributed by atoms with Gasteiger partial charge in [-0.2, -0.15) is 5.10 Å². The van der Waals surface area contributed by atoms with Crippen LogP contribution in [0, 0.1) is 6.92 Å². The molecule has 1 amide bonds. The lowest BCUT2D eigenvalue weighted by Gasteiger charge is -2.16. The molecule has 0 aromatic carbocycles. The molecule has 0 radical (unpaired) electrons. The molecular formula is C15H18N4O. The van der Waals surface area contributed by atoms with Crippen molar-refractivity contribution in [2.75, 3.05) is 13.1 Å². The minimum absolute atomic E-state index is 0.178. The fraction of sp³-hybridized carbons (Fsp3) is 0.400. The van der Waals surface area contributed by atoms with Gasteiger partial charge in [0, 0.05) is 37.1 Å². The van der Waals surface area contributed by atoms with E-state index in [0.29, 0.717) is 12.3 Å². The largest absolute Gasteiger partial charge is 0.342 e. The average molecular weight is 270 g/mol. The van der Waals surface area contributed by atoms with E-state index in [1.165, 1.54) is 11.3 Å². The van der Waals surface area contributed by atoms with Crippen LogP contribution in [0.1, 0.15) is 29.2 Å². The van der Waals surface area contributed by atoms with E-state index in [0.717, 1.165) is 25.1 Å². The second-order valence-electron chi connectivity index (χ2n) is 5.33. The van der Waals surface area contributed by atoms with Crippen molar-refractivity contribution in [1.29, 1.82) is 0 Å². The van der Waals surface area contributed by atoms with Gasteiger partial charge in [0.1, 0.15) is 0 Å². The SMILES string of the molecule is Cc1cn[nH]c1[C@H]1CCN(C(=O)Cc2cccnc2)C1. The Hall–Kier alpha value is -2.17. The van der Waals surface area contributed by atoms with Crippen LogP contribution in [0.15, 0.2) is 30.7 Å². The van der Waals surface area contributed by atoms with E-state index >= 15 is 0 Å². The fourth-order valence-corrected chi connectivity index (χ4v) is 2.78. The van der Waals surface area contributed by atoms with E-state index in [2.05, 4.69) is 22.1 Å². The monoisotopic (exact) mass is 270 g/mol. The Balaban J connectivity index is 1.63. The number of hydrogen-bond acceptors (Lipinski definition) is 3. The van der Waals surface area contributed by atoms with Gasteiger partial charge in [-0.05, 0) is 30.5 Å². The number of nitrogens with zero attached hydrogens (tertiary/aromatic N) is 3. The maximum atomic E-state index is 12.3. The number of aromatic nitrogens is 3. The first kappa shape index (κ1) is 12.8. The number of aryl methyl sites for hydroxylation is 1.